The van der Waals surface area contributed by atoms with Gasteiger partial charge in [-0.1, -0.05) is 0 Å². The Morgan fingerprint density at radius 1 is 1.44 bits per heavy atom. The molecule has 0 aromatic carbocycles. The summed E-state index contributed by atoms with van der Waals surface area (Å²) in [4.78, 5) is 10.4. The Kier molecular flexibility index (Phi) is 3.50. The summed E-state index contributed by atoms with van der Waals surface area (Å²) in [5, 5.41) is 26.8. The number of carboxylic acids is 1. The fourth-order valence-corrected chi connectivity index (χ4v) is 1.51. The van der Waals surface area contributed by atoms with Crippen molar-refractivity contribution in [2.24, 2.45) is 0 Å². The Hall–Kier alpha value is -1.20. The molecule has 3 atom stereocenters. The van der Waals surface area contributed by atoms with E-state index in [-0.39, 0.29) is 0 Å². The van der Waals surface area contributed by atoms with E-state index >= 15 is 0 Å². The fourth-order valence-electron chi connectivity index (χ4n) is 1.02. The Morgan fingerprint density at radius 2 is 2.00 bits per heavy atom. The van der Waals surface area contributed by atoms with E-state index in [1.807, 2.05) is 0 Å². The van der Waals surface area contributed by atoms with Crippen molar-refractivity contribution in [2.75, 3.05) is 0 Å². The zero-order valence-electron chi connectivity index (χ0n) is 7.55. The van der Waals surface area contributed by atoms with Gasteiger partial charge in [0.15, 0.2) is 6.10 Å². The molecule has 0 bridgehead atoms. The predicted octanol–water partition coefficient (Wildman–Crippen LogP) is -2.15. The number of aliphatic hydroxyl groups excluding tert-OH is 2. The molecule has 1 rings (SSSR count). The first-order chi connectivity index (χ1) is 7.20. The van der Waals surface area contributed by atoms with Gasteiger partial charge >= 0.3 is 16.4 Å². The second-order valence-electron chi connectivity index (χ2n) is 2.82. The van der Waals surface area contributed by atoms with Crippen molar-refractivity contribution >= 4 is 16.4 Å². The largest absolute Gasteiger partial charge is 0.475 e. The van der Waals surface area contributed by atoms with Crippen LogP contribution >= 0.6 is 0 Å². The number of hydrogen-bond donors (Lipinski definition) is 4. The van der Waals surface area contributed by atoms with Crippen LogP contribution in [-0.2, 0) is 24.1 Å². The second kappa shape index (κ2) is 4.35. The molecular formula is C6H8O9S. The molecule has 0 spiro atoms. The van der Waals surface area contributed by atoms with Crippen molar-refractivity contribution in [3.8, 4) is 0 Å². The molecule has 92 valence electrons. The Labute approximate surface area is 89.5 Å². The lowest BCUT2D eigenvalue weighted by Gasteiger charge is -2.28. The molecule has 1 heterocycles. The molecule has 0 aromatic heterocycles. The van der Waals surface area contributed by atoms with E-state index < -0.39 is 40.6 Å². The third-order valence-electron chi connectivity index (χ3n) is 1.63. The van der Waals surface area contributed by atoms with Crippen LogP contribution in [0.5, 0.6) is 0 Å². The lowest BCUT2D eigenvalue weighted by atomic mass is 10.1. The first kappa shape index (κ1) is 12.9. The van der Waals surface area contributed by atoms with Crippen molar-refractivity contribution in [3.63, 3.8) is 0 Å². The highest BCUT2D eigenvalue weighted by Gasteiger charge is 2.38. The quantitative estimate of drug-likeness (QED) is 0.414. The molecule has 0 unspecified atom stereocenters. The number of ether oxygens (including phenoxy) is 1. The average molecular weight is 256 g/mol. The van der Waals surface area contributed by atoms with Crippen LogP contribution in [0, 0.1) is 0 Å². The monoisotopic (exact) mass is 256 g/mol. The third kappa shape index (κ3) is 3.15. The van der Waals surface area contributed by atoms with Crippen LogP contribution in [0.4, 0.5) is 0 Å². The smallest absolute Gasteiger partial charge is 0.397 e. The van der Waals surface area contributed by atoms with E-state index in [0.29, 0.717) is 6.08 Å². The lowest BCUT2D eigenvalue weighted by Crippen LogP contribution is -2.45. The fraction of sp³-hybridized carbons (Fsp3) is 0.500. The molecule has 9 nitrogen and oxygen atoms in total. The maximum absolute atomic E-state index is 10.4. The minimum atomic E-state index is -4.90. The molecule has 0 aliphatic carbocycles. The van der Waals surface area contributed by atoms with Gasteiger partial charge in [-0.15, -0.1) is 0 Å². The number of aliphatic hydroxyl groups is 2. The molecule has 10 heteroatoms. The van der Waals surface area contributed by atoms with E-state index in [9.17, 15) is 18.3 Å². The molecular weight excluding hydrogens is 248 g/mol. The molecule has 1 aliphatic rings. The van der Waals surface area contributed by atoms with Gasteiger partial charge in [-0.3, -0.25) is 4.55 Å². The van der Waals surface area contributed by atoms with Crippen molar-refractivity contribution in [3.05, 3.63) is 11.8 Å². The first-order valence-corrected chi connectivity index (χ1v) is 5.21. The second-order valence-corrected chi connectivity index (χ2v) is 3.87. The number of hydrogen-bond acceptors (Lipinski definition) is 7. The Balaban J connectivity index is 2.88. The molecule has 16 heavy (non-hydrogen) atoms. The Bertz CT molecular complexity index is 410. The molecule has 0 aromatic rings. The highest BCUT2D eigenvalue weighted by molar-refractivity contribution is 7.80. The summed E-state index contributed by atoms with van der Waals surface area (Å²) in [6.07, 6.45) is -4.99. The standard InChI is InChI=1S/C6H8O9S/c7-2-1-3(5(8)9)14-6(10)4(2)15-16(11,12)13/h1-2,4,6-7,10H,(H,8,9)(H,11,12,13)/t2-,4+,6-/m0/s1. The van der Waals surface area contributed by atoms with Gasteiger partial charge in [0.05, 0.1) is 0 Å². The maximum Gasteiger partial charge on any atom is 0.397 e. The summed E-state index contributed by atoms with van der Waals surface area (Å²) in [7, 11) is -4.90. The maximum atomic E-state index is 10.4. The molecule has 0 radical (unpaired) electrons. The minimum absolute atomic E-state index is 0.630. The summed E-state index contributed by atoms with van der Waals surface area (Å²) >= 11 is 0. The molecule has 0 amide bonds. The van der Waals surface area contributed by atoms with E-state index in [2.05, 4.69) is 8.92 Å². The van der Waals surface area contributed by atoms with Gasteiger partial charge in [-0.05, 0) is 6.08 Å². The van der Waals surface area contributed by atoms with Crippen LogP contribution in [0.1, 0.15) is 0 Å². The third-order valence-corrected chi connectivity index (χ3v) is 2.10. The van der Waals surface area contributed by atoms with Gasteiger partial charge in [0.25, 0.3) is 0 Å². The normalized spacial score (nSPS) is 30.4. The van der Waals surface area contributed by atoms with Crippen LogP contribution in [-0.4, -0.2) is 52.8 Å². The van der Waals surface area contributed by atoms with Gasteiger partial charge in [0, 0.05) is 0 Å². The van der Waals surface area contributed by atoms with Crippen LogP contribution in [0.2, 0.25) is 0 Å². The van der Waals surface area contributed by atoms with E-state index in [4.69, 9.17) is 14.8 Å². The summed E-state index contributed by atoms with van der Waals surface area (Å²) < 4.78 is 37.2. The summed E-state index contributed by atoms with van der Waals surface area (Å²) in [6.45, 7) is 0. The van der Waals surface area contributed by atoms with Gasteiger partial charge in [-0.25, -0.2) is 8.98 Å². The Morgan fingerprint density at radius 3 is 2.38 bits per heavy atom. The summed E-state index contributed by atoms with van der Waals surface area (Å²) in [5.74, 6) is -2.31. The zero-order chi connectivity index (χ0) is 12.5. The molecule has 4 N–H and O–H groups in total. The molecule has 0 saturated carbocycles. The van der Waals surface area contributed by atoms with E-state index in [0.717, 1.165) is 0 Å². The highest BCUT2D eigenvalue weighted by atomic mass is 32.3. The average Bonchev–Trinajstić information content (AvgIpc) is 2.09. The van der Waals surface area contributed by atoms with Crippen molar-refractivity contribution < 1.29 is 42.0 Å². The molecule has 1 aliphatic heterocycles. The molecule has 0 saturated heterocycles. The van der Waals surface area contributed by atoms with Gasteiger partial charge in [0.1, 0.15) is 6.10 Å². The SMILES string of the molecule is O=C(O)C1=C[C@H](O)[C@@H](OS(=O)(=O)O)[C@@H](O)O1. The topological polar surface area (TPSA) is 151 Å². The molecule has 0 fully saturated rings. The van der Waals surface area contributed by atoms with Crippen LogP contribution < -0.4 is 0 Å². The van der Waals surface area contributed by atoms with E-state index in [1.54, 1.807) is 0 Å². The van der Waals surface area contributed by atoms with Crippen LogP contribution in [0.15, 0.2) is 11.8 Å². The summed E-state index contributed by atoms with van der Waals surface area (Å²) in [6, 6.07) is 0. The van der Waals surface area contributed by atoms with Gasteiger partial charge in [0.2, 0.25) is 12.0 Å². The zero-order valence-corrected chi connectivity index (χ0v) is 8.36. The van der Waals surface area contributed by atoms with Crippen molar-refractivity contribution in [1.82, 2.24) is 0 Å². The number of carbonyl (C=O) groups is 1. The minimum Gasteiger partial charge on any atom is -0.475 e. The lowest BCUT2D eigenvalue weighted by molar-refractivity contribution is -0.176. The first-order valence-electron chi connectivity index (χ1n) is 3.84. The number of rotatable bonds is 3. The number of aliphatic carboxylic acids is 1. The van der Waals surface area contributed by atoms with Crippen molar-refractivity contribution in [1.29, 1.82) is 0 Å². The van der Waals surface area contributed by atoms with E-state index in [1.165, 1.54) is 0 Å². The van der Waals surface area contributed by atoms with Crippen LogP contribution in [0.25, 0.3) is 0 Å². The van der Waals surface area contributed by atoms with Crippen LogP contribution in [0.3, 0.4) is 0 Å². The highest BCUT2D eigenvalue weighted by Crippen LogP contribution is 2.20. The van der Waals surface area contributed by atoms with Gasteiger partial charge in [-0.2, -0.15) is 8.42 Å². The summed E-state index contributed by atoms with van der Waals surface area (Å²) in [5.41, 5.74) is 0. The predicted molar refractivity (Wildman–Crippen MR) is 45.2 cm³/mol. The number of carboxylic acid groups (broad SMARTS) is 1. The van der Waals surface area contributed by atoms with Crippen molar-refractivity contribution in [2.45, 2.75) is 18.5 Å². The van der Waals surface area contributed by atoms with Gasteiger partial charge < -0.3 is 20.1 Å².